The van der Waals surface area contributed by atoms with Gasteiger partial charge in [0.2, 0.25) is 0 Å². The summed E-state index contributed by atoms with van der Waals surface area (Å²) in [6.45, 7) is 6.24. The van der Waals surface area contributed by atoms with Gasteiger partial charge in [0.25, 0.3) is 0 Å². The number of hydrogen-bond donors (Lipinski definition) is 0. The van der Waals surface area contributed by atoms with Crippen molar-refractivity contribution in [3.05, 3.63) is 17.5 Å². The van der Waals surface area contributed by atoms with Crippen molar-refractivity contribution < 1.29 is 13.7 Å². The van der Waals surface area contributed by atoms with Crippen LogP contribution in [0.15, 0.2) is 6.20 Å². The van der Waals surface area contributed by atoms with Crippen molar-refractivity contribution in [1.29, 1.82) is 0 Å². The van der Waals surface area contributed by atoms with E-state index in [9.17, 15) is 9.00 Å². The number of carbonyl (C=O) groups is 1. The van der Waals surface area contributed by atoms with Crippen LogP contribution in [0.4, 0.5) is 0 Å². The zero-order valence-electron chi connectivity index (χ0n) is 12.0. The fourth-order valence-corrected chi connectivity index (χ4v) is 3.30. The Morgan fingerprint density at radius 3 is 2.79 bits per heavy atom. The SMILES string of the molecule is CCOC(=O)c1cnn(C)c1CS(=O)CC(C)CC. The molecule has 6 heteroatoms. The molecule has 1 aromatic rings. The van der Waals surface area contributed by atoms with Gasteiger partial charge in [0.15, 0.2) is 0 Å². The van der Waals surface area contributed by atoms with E-state index in [2.05, 4.69) is 18.9 Å². The number of hydrogen-bond acceptors (Lipinski definition) is 4. The molecule has 0 fully saturated rings. The summed E-state index contributed by atoms with van der Waals surface area (Å²) in [5.41, 5.74) is 1.10. The maximum absolute atomic E-state index is 12.1. The third-order valence-corrected chi connectivity index (χ3v) is 4.56. The highest BCUT2D eigenvalue weighted by Crippen LogP contribution is 2.14. The smallest absolute Gasteiger partial charge is 0.341 e. The van der Waals surface area contributed by atoms with Crippen LogP contribution in [0.5, 0.6) is 0 Å². The van der Waals surface area contributed by atoms with Gasteiger partial charge in [0.1, 0.15) is 5.56 Å². The van der Waals surface area contributed by atoms with Gasteiger partial charge in [-0.15, -0.1) is 0 Å². The summed E-state index contributed by atoms with van der Waals surface area (Å²) >= 11 is 0. The topological polar surface area (TPSA) is 61.2 Å². The van der Waals surface area contributed by atoms with E-state index in [0.717, 1.165) is 6.42 Å². The van der Waals surface area contributed by atoms with Crippen molar-refractivity contribution in [3.8, 4) is 0 Å². The molecule has 0 amide bonds. The minimum absolute atomic E-state index is 0.323. The number of esters is 1. The molecule has 0 saturated carbocycles. The van der Waals surface area contributed by atoms with Gasteiger partial charge in [-0.05, 0) is 12.8 Å². The highest BCUT2D eigenvalue weighted by Gasteiger charge is 2.19. The van der Waals surface area contributed by atoms with Crippen LogP contribution in [0.1, 0.15) is 43.2 Å². The second-order valence-electron chi connectivity index (χ2n) is 4.61. The van der Waals surface area contributed by atoms with Crippen molar-refractivity contribution in [2.75, 3.05) is 12.4 Å². The Kier molecular flexibility index (Phi) is 6.21. The summed E-state index contributed by atoms with van der Waals surface area (Å²) in [5.74, 6) is 1.00. The van der Waals surface area contributed by atoms with Crippen LogP contribution in [0.3, 0.4) is 0 Å². The molecule has 0 aliphatic heterocycles. The molecule has 0 aliphatic rings. The van der Waals surface area contributed by atoms with Crippen LogP contribution in [-0.4, -0.2) is 32.3 Å². The predicted octanol–water partition coefficient (Wildman–Crippen LogP) is 1.89. The molecule has 1 aromatic heterocycles. The van der Waals surface area contributed by atoms with Crippen molar-refractivity contribution >= 4 is 16.8 Å². The number of nitrogens with zero attached hydrogens (tertiary/aromatic N) is 2. The van der Waals surface area contributed by atoms with Crippen LogP contribution in [0.2, 0.25) is 0 Å². The third-order valence-electron chi connectivity index (χ3n) is 3.02. The van der Waals surface area contributed by atoms with E-state index in [1.54, 1.807) is 18.7 Å². The van der Waals surface area contributed by atoms with E-state index in [0.29, 0.717) is 35.3 Å². The summed E-state index contributed by atoms with van der Waals surface area (Å²) in [4.78, 5) is 11.8. The van der Waals surface area contributed by atoms with Crippen LogP contribution >= 0.6 is 0 Å². The number of aryl methyl sites for hydroxylation is 1. The van der Waals surface area contributed by atoms with Gasteiger partial charge in [0, 0.05) is 23.6 Å². The Labute approximate surface area is 116 Å². The monoisotopic (exact) mass is 286 g/mol. The van der Waals surface area contributed by atoms with E-state index >= 15 is 0 Å². The Hall–Kier alpha value is -1.17. The predicted molar refractivity (Wildman–Crippen MR) is 75.3 cm³/mol. The first-order chi connectivity index (χ1) is 8.99. The average molecular weight is 286 g/mol. The lowest BCUT2D eigenvalue weighted by molar-refractivity contribution is 0.0525. The fraction of sp³-hybridized carbons (Fsp3) is 0.692. The molecular weight excluding hydrogens is 264 g/mol. The average Bonchev–Trinajstić information content (AvgIpc) is 2.71. The lowest BCUT2D eigenvalue weighted by atomic mass is 10.2. The van der Waals surface area contributed by atoms with Crippen molar-refractivity contribution in [3.63, 3.8) is 0 Å². The van der Waals surface area contributed by atoms with Crippen LogP contribution in [0, 0.1) is 5.92 Å². The van der Waals surface area contributed by atoms with Gasteiger partial charge in [-0.2, -0.15) is 5.10 Å². The Morgan fingerprint density at radius 1 is 1.53 bits per heavy atom. The summed E-state index contributed by atoms with van der Waals surface area (Å²) in [6.07, 6.45) is 2.48. The molecule has 0 aliphatic carbocycles. The van der Waals surface area contributed by atoms with Gasteiger partial charge >= 0.3 is 5.97 Å². The molecule has 0 bridgehead atoms. The first-order valence-corrected chi connectivity index (χ1v) is 8.01. The number of carbonyl (C=O) groups excluding carboxylic acids is 1. The number of rotatable bonds is 7. The highest BCUT2D eigenvalue weighted by atomic mass is 32.2. The third kappa shape index (κ3) is 4.45. The largest absolute Gasteiger partial charge is 0.462 e. The van der Waals surface area contributed by atoms with Gasteiger partial charge in [-0.25, -0.2) is 4.79 Å². The minimum Gasteiger partial charge on any atom is -0.462 e. The second-order valence-corrected chi connectivity index (χ2v) is 6.11. The summed E-state index contributed by atoms with van der Waals surface area (Å²) < 4.78 is 18.7. The molecule has 2 unspecified atom stereocenters. The van der Waals surface area contributed by atoms with E-state index < -0.39 is 16.8 Å². The van der Waals surface area contributed by atoms with Gasteiger partial charge < -0.3 is 4.74 Å². The van der Waals surface area contributed by atoms with Crippen LogP contribution < -0.4 is 0 Å². The van der Waals surface area contributed by atoms with Crippen molar-refractivity contribution in [2.24, 2.45) is 13.0 Å². The zero-order chi connectivity index (χ0) is 14.4. The Balaban J connectivity index is 2.80. The van der Waals surface area contributed by atoms with Crippen molar-refractivity contribution in [2.45, 2.75) is 32.9 Å². The highest BCUT2D eigenvalue weighted by molar-refractivity contribution is 7.84. The number of aromatic nitrogens is 2. The minimum atomic E-state index is -0.989. The summed E-state index contributed by atoms with van der Waals surface area (Å²) in [5, 5.41) is 4.05. The maximum atomic E-state index is 12.1. The molecule has 19 heavy (non-hydrogen) atoms. The lowest BCUT2D eigenvalue weighted by Crippen LogP contribution is -2.14. The van der Waals surface area contributed by atoms with E-state index in [1.807, 2.05) is 0 Å². The molecule has 0 radical (unpaired) electrons. The van der Waals surface area contributed by atoms with Gasteiger partial charge in [-0.3, -0.25) is 8.89 Å². The Morgan fingerprint density at radius 2 is 2.21 bits per heavy atom. The van der Waals surface area contributed by atoms with E-state index in [-0.39, 0.29) is 0 Å². The molecule has 0 saturated heterocycles. The molecule has 2 atom stereocenters. The molecule has 0 spiro atoms. The summed E-state index contributed by atoms with van der Waals surface area (Å²) in [6, 6.07) is 0. The molecule has 5 nitrogen and oxygen atoms in total. The van der Waals surface area contributed by atoms with E-state index in [1.165, 1.54) is 6.20 Å². The zero-order valence-corrected chi connectivity index (χ0v) is 12.8. The normalized spacial score (nSPS) is 14.1. The molecule has 1 heterocycles. The first-order valence-electron chi connectivity index (χ1n) is 6.52. The van der Waals surface area contributed by atoms with Crippen LogP contribution in [0.25, 0.3) is 0 Å². The maximum Gasteiger partial charge on any atom is 0.341 e. The fourth-order valence-electron chi connectivity index (χ4n) is 1.66. The van der Waals surface area contributed by atoms with Crippen LogP contribution in [-0.2, 0) is 28.3 Å². The quantitative estimate of drug-likeness (QED) is 0.718. The standard InChI is InChI=1S/C13H22N2O3S/c1-5-10(3)8-19(17)9-12-11(7-14-15(12)4)13(16)18-6-2/h7,10H,5-6,8-9H2,1-4H3. The second kappa shape index (κ2) is 7.43. The van der Waals surface area contributed by atoms with Gasteiger partial charge in [-0.1, -0.05) is 20.3 Å². The molecule has 0 aromatic carbocycles. The molecule has 0 N–H and O–H groups in total. The summed E-state index contributed by atoms with van der Waals surface area (Å²) in [7, 11) is 0.760. The van der Waals surface area contributed by atoms with E-state index in [4.69, 9.17) is 4.74 Å². The molecule has 1 rings (SSSR count). The van der Waals surface area contributed by atoms with Gasteiger partial charge in [0.05, 0.1) is 24.3 Å². The molecule has 108 valence electrons. The molecular formula is C13H22N2O3S. The van der Waals surface area contributed by atoms with Crippen molar-refractivity contribution in [1.82, 2.24) is 9.78 Å². The first kappa shape index (κ1) is 15.9. The lowest BCUT2D eigenvalue weighted by Gasteiger charge is -2.09. The Bertz CT molecular complexity index is 457. The number of ether oxygens (including phenoxy) is 1.